The predicted molar refractivity (Wildman–Crippen MR) is 78.7 cm³/mol. The highest BCUT2D eigenvalue weighted by Gasteiger charge is 2.09. The number of anilines is 3. The summed E-state index contributed by atoms with van der Waals surface area (Å²) in [5.74, 6) is 0.135. The van der Waals surface area contributed by atoms with Gasteiger partial charge in [-0.15, -0.1) is 0 Å². The normalized spacial score (nSPS) is 10.2. The quantitative estimate of drug-likeness (QED) is 0.842. The van der Waals surface area contributed by atoms with Crippen LogP contribution in [0.4, 0.5) is 21.5 Å². The van der Waals surface area contributed by atoms with Crippen molar-refractivity contribution in [2.45, 2.75) is 0 Å². The van der Waals surface area contributed by atoms with E-state index in [0.29, 0.717) is 22.1 Å². The number of rotatable bonds is 4. The van der Waals surface area contributed by atoms with Gasteiger partial charge >= 0.3 is 0 Å². The smallest absolute Gasteiger partial charge is 0.167 e. The number of ether oxygens (including phenoxy) is 2. The van der Waals surface area contributed by atoms with E-state index in [-0.39, 0.29) is 11.4 Å². The van der Waals surface area contributed by atoms with Gasteiger partial charge in [-0.1, -0.05) is 11.6 Å². The van der Waals surface area contributed by atoms with Gasteiger partial charge in [0.2, 0.25) is 0 Å². The Morgan fingerprint density at radius 1 is 1.10 bits per heavy atom. The number of methoxy groups -OCH3 is 2. The summed E-state index contributed by atoms with van der Waals surface area (Å²) in [7, 11) is 2.92. The van der Waals surface area contributed by atoms with Gasteiger partial charge < -0.3 is 20.5 Å². The van der Waals surface area contributed by atoms with Crippen molar-refractivity contribution in [1.29, 1.82) is 0 Å². The van der Waals surface area contributed by atoms with Gasteiger partial charge in [0.1, 0.15) is 5.75 Å². The van der Waals surface area contributed by atoms with Gasteiger partial charge in [-0.25, -0.2) is 4.39 Å². The maximum absolute atomic E-state index is 13.5. The number of hydrogen-bond acceptors (Lipinski definition) is 4. The summed E-state index contributed by atoms with van der Waals surface area (Å²) in [4.78, 5) is 0. The molecule has 0 aliphatic heterocycles. The average Bonchev–Trinajstić information content (AvgIpc) is 2.43. The largest absolute Gasteiger partial charge is 0.495 e. The van der Waals surface area contributed by atoms with E-state index in [1.165, 1.54) is 26.4 Å². The molecular formula is C14H14ClFN2O2. The summed E-state index contributed by atoms with van der Waals surface area (Å²) in [6.45, 7) is 0. The number of nitrogens with two attached hydrogens (primary N) is 1. The first-order valence-corrected chi connectivity index (χ1v) is 6.16. The minimum Gasteiger partial charge on any atom is -0.495 e. The van der Waals surface area contributed by atoms with Gasteiger partial charge in [-0.2, -0.15) is 0 Å². The third kappa shape index (κ3) is 2.88. The lowest BCUT2D eigenvalue weighted by Gasteiger charge is -2.13. The van der Waals surface area contributed by atoms with Gasteiger partial charge in [0.05, 0.1) is 30.6 Å². The van der Waals surface area contributed by atoms with Crippen molar-refractivity contribution in [3.8, 4) is 11.5 Å². The highest BCUT2D eigenvalue weighted by molar-refractivity contribution is 6.32. The van der Waals surface area contributed by atoms with Crippen molar-refractivity contribution in [1.82, 2.24) is 0 Å². The van der Waals surface area contributed by atoms with Crippen molar-refractivity contribution in [2.24, 2.45) is 0 Å². The van der Waals surface area contributed by atoms with E-state index in [4.69, 9.17) is 26.8 Å². The molecule has 0 bridgehead atoms. The lowest BCUT2D eigenvalue weighted by molar-refractivity contribution is 0.387. The molecule has 0 fully saturated rings. The standard InChI is InChI=1S/C14H14ClFN2O2/c1-19-13-5-8(3-4-9(13)15)18-12-7-14(20-2)10(16)6-11(12)17/h3-7,18H,17H2,1-2H3. The molecule has 0 aliphatic carbocycles. The van der Waals surface area contributed by atoms with E-state index in [2.05, 4.69) is 5.32 Å². The fraction of sp³-hybridized carbons (Fsp3) is 0.143. The van der Waals surface area contributed by atoms with Crippen LogP contribution in [0.1, 0.15) is 0 Å². The summed E-state index contributed by atoms with van der Waals surface area (Å²) in [5.41, 5.74) is 7.30. The Balaban J connectivity index is 2.34. The monoisotopic (exact) mass is 296 g/mol. The molecule has 3 N–H and O–H groups in total. The Morgan fingerprint density at radius 3 is 2.45 bits per heavy atom. The summed E-state index contributed by atoms with van der Waals surface area (Å²) in [6, 6.07) is 7.87. The van der Waals surface area contributed by atoms with Crippen LogP contribution in [0.25, 0.3) is 0 Å². The molecule has 0 aliphatic rings. The van der Waals surface area contributed by atoms with Crippen LogP contribution in [-0.2, 0) is 0 Å². The third-order valence-electron chi connectivity index (χ3n) is 2.75. The summed E-state index contributed by atoms with van der Waals surface area (Å²) < 4.78 is 23.5. The molecule has 0 saturated heterocycles. The van der Waals surface area contributed by atoms with Crippen molar-refractivity contribution < 1.29 is 13.9 Å². The molecule has 6 heteroatoms. The van der Waals surface area contributed by atoms with E-state index >= 15 is 0 Å². The molecule has 2 rings (SSSR count). The maximum Gasteiger partial charge on any atom is 0.167 e. The zero-order chi connectivity index (χ0) is 14.7. The molecule has 2 aromatic rings. The van der Waals surface area contributed by atoms with E-state index in [9.17, 15) is 4.39 Å². The molecule has 106 valence electrons. The minimum atomic E-state index is -0.510. The van der Waals surface area contributed by atoms with Crippen molar-refractivity contribution >= 4 is 28.7 Å². The van der Waals surface area contributed by atoms with Crippen LogP contribution in [0.3, 0.4) is 0 Å². The Morgan fingerprint density at radius 2 is 1.80 bits per heavy atom. The van der Waals surface area contributed by atoms with Crippen molar-refractivity contribution in [2.75, 3.05) is 25.3 Å². The van der Waals surface area contributed by atoms with E-state index < -0.39 is 5.82 Å². The fourth-order valence-electron chi connectivity index (χ4n) is 1.73. The molecule has 0 unspecified atom stereocenters. The van der Waals surface area contributed by atoms with Gasteiger partial charge in [-0.05, 0) is 12.1 Å². The number of benzene rings is 2. The van der Waals surface area contributed by atoms with Crippen molar-refractivity contribution in [3.05, 3.63) is 41.2 Å². The molecule has 0 heterocycles. The first-order valence-electron chi connectivity index (χ1n) is 5.78. The van der Waals surface area contributed by atoms with E-state index in [1.54, 1.807) is 18.2 Å². The first-order chi connectivity index (χ1) is 9.55. The molecule has 0 aromatic heterocycles. The van der Waals surface area contributed by atoms with Gasteiger partial charge in [0, 0.05) is 23.9 Å². The second kappa shape index (κ2) is 5.88. The average molecular weight is 297 g/mol. The Hall–Kier alpha value is -2.14. The van der Waals surface area contributed by atoms with Gasteiger partial charge in [0.25, 0.3) is 0 Å². The molecule has 0 spiro atoms. The molecule has 2 aromatic carbocycles. The summed E-state index contributed by atoms with van der Waals surface area (Å²) in [5, 5.41) is 3.57. The molecule has 0 amide bonds. The first kappa shape index (κ1) is 14.3. The zero-order valence-electron chi connectivity index (χ0n) is 11.0. The van der Waals surface area contributed by atoms with Crippen LogP contribution < -0.4 is 20.5 Å². The van der Waals surface area contributed by atoms with Crippen molar-refractivity contribution in [3.63, 3.8) is 0 Å². The second-order valence-corrected chi connectivity index (χ2v) is 4.46. The number of nitrogen functional groups attached to an aromatic ring is 1. The highest BCUT2D eigenvalue weighted by Crippen LogP contribution is 2.33. The molecule has 0 atom stereocenters. The third-order valence-corrected chi connectivity index (χ3v) is 3.07. The predicted octanol–water partition coefficient (Wildman–Crippen LogP) is 3.82. The fourth-order valence-corrected chi connectivity index (χ4v) is 1.92. The summed E-state index contributed by atoms with van der Waals surface area (Å²) in [6.07, 6.45) is 0. The molecular weight excluding hydrogens is 283 g/mol. The maximum atomic E-state index is 13.5. The highest BCUT2D eigenvalue weighted by atomic mass is 35.5. The van der Waals surface area contributed by atoms with Crippen LogP contribution in [-0.4, -0.2) is 14.2 Å². The lowest BCUT2D eigenvalue weighted by Crippen LogP contribution is -1.99. The number of halogens is 2. The Kier molecular flexibility index (Phi) is 4.20. The number of nitrogens with one attached hydrogen (secondary N) is 1. The van der Waals surface area contributed by atoms with Crippen LogP contribution in [0.5, 0.6) is 11.5 Å². The van der Waals surface area contributed by atoms with Gasteiger partial charge in [0.15, 0.2) is 11.6 Å². The van der Waals surface area contributed by atoms with E-state index in [1.807, 2.05) is 0 Å². The van der Waals surface area contributed by atoms with Crippen LogP contribution in [0, 0.1) is 5.82 Å². The topological polar surface area (TPSA) is 56.5 Å². The Bertz CT molecular complexity index is 635. The van der Waals surface area contributed by atoms with Crippen LogP contribution in [0.15, 0.2) is 30.3 Å². The number of hydrogen-bond donors (Lipinski definition) is 2. The van der Waals surface area contributed by atoms with Crippen LogP contribution in [0.2, 0.25) is 5.02 Å². The SMILES string of the molecule is COc1cc(Nc2ccc(Cl)c(OC)c2)c(N)cc1F. The lowest BCUT2D eigenvalue weighted by atomic mass is 10.2. The van der Waals surface area contributed by atoms with Crippen LogP contribution >= 0.6 is 11.6 Å². The minimum absolute atomic E-state index is 0.114. The molecule has 0 radical (unpaired) electrons. The zero-order valence-corrected chi connectivity index (χ0v) is 11.8. The summed E-state index contributed by atoms with van der Waals surface area (Å²) >= 11 is 5.95. The Labute approximate surface area is 121 Å². The van der Waals surface area contributed by atoms with E-state index in [0.717, 1.165) is 0 Å². The van der Waals surface area contributed by atoms with Gasteiger partial charge in [-0.3, -0.25) is 0 Å². The molecule has 20 heavy (non-hydrogen) atoms. The molecule has 0 saturated carbocycles. The second-order valence-electron chi connectivity index (χ2n) is 4.05. The molecule has 4 nitrogen and oxygen atoms in total.